The lowest BCUT2D eigenvalue weighted by Crippen LogP contribution is -2.45. The van der Waals surface area contributed by atoms with Gasteiger partial charge in [0.15, 0.2) is 0 Å². The number of furan rings is 1. The van der Waals surface area contributed by atoms with Gasteiger partial charge in [0.1, 0.15) is 11.2 Å². The molecule has 2 aromatic carbocycles. The molecular formula is C23H22N2O3. The molecule has 1 saturated carbocycles. The highest BCUT2D eigenvalue weighted by Gasteiger charge is 2.58. The van der Waals surface area contributed by atoms with Crippen molar-refractivity contribution in [2.24, 2.45) is 5.41 Å². The SMILES string of the molecule is O=C(NCc1ccco1)C1(C(=O)N(Cc2ccccc2)c2ccccc2)CC1. The number of rotatable bonds is 7. The lowest BCUT2D eigenvalue weighted by molar-refractivity contribution is -0.136. The van der Waals surface area contributed by atoms with Crippen LogP contribution >= 0.6 is 0 Å². The monoisotopic (exact) mass is 374 g/mol. The van der Waals surface area contributed by atoms with Gasteiger partial charge in [-0.15, -0.1) is 0 Å². The van der Waals surface area contributed by atoms with E-state index < -0.39 is 5.41 Å². The molecule has 0 saturated heterocycles. The van der Waals surface area contributed by atoms with Crippen molar-refractivity contribution in [1.29, 1.82) is 0 Å². The maximum Gasteiger partial charge on any atom is 0.242 e. The molecule has 0 spiro atoms. The van der Waals surface area contributed by atoms with E-state index in [9.17, 15) is 9.59 Å². The maximum absolute atomic E-state index is 13.5. The van der Waals surface area contributed by atoms with Crippen LogP contribution in [0.15, 0.2) is 83.5 Å². The van der Waals surface area contributed by atoms with Crippen molar-refractivity contribution in [1.82, 2.24) is 5.32 Å². The van der Waals surface area contributed by atoms with Gasteiger partial charge in [-0.25, -0.2) is 0 Å². The molecule has 1 aliphatic carbocycles. The van der Waals surface area contributed by atoms with Gasteiger partial charge in [-0.1, -0.05) is 48.5 Å². The molecule has 1 heterocycles. The summed E-state index contributed by atoms with van der Waals surface area (Å²) in [6.45, 7) is 0.710. The van der Waals surface area contributed by atoms with Crippen LogP contribution in [-0.4, -0.2) is 11.8 Å². The third-order valence-electron chi connectivity index (χ3n) is 5.09. The van der Waals surface area contributed by atoms with Gasteiger partial charge in [0.2, 0.25) is 11.8 Å². The van der Waals surface area contributed by atoms with Gasteiger partial charge in [-0.2, -0.15) is 0 Å². The normalized spacial score (nSPS) is 14.3. The minimum atomic E-state index is -0.989. The van der Waals surface area contributed by atoms with Gasteiger partial charge in [0, 0.05) is 5.69 Å². The zero-order valence-electron chi connectivity index (χ0n) is 15.5. The molecule has 3 aromatic rings. The van der Waals surface area contributed by atoms with Gasteiger partial charge >= 0.3 is 0 Å². The summed E-state index contributed by atoms with van der Waals surface area (Å²) in [5, 5.41) is 2.86. The van der Waals surface area contributed by atoms with Gasteiger partial charge in [0.25, 0.3) is 0 Å². The van der Waals surface area contributed by atoms with Gasteiger partial charge in [-0.3, -0.25) is 9.59 Å². The van der Waals surface area contributed by atoms with E-state index in [1.807, 2.05) is 60.7 Å². The fourth-order valence-electron chi connectivity index (χ4n) is 3.33. The molecule has 1 fully saturated rings. The summed E-state index contributed by atoms with van der Waals surface area (Å²) in [6, 6.07) is 22.9. The second-order valence-corrected chi connectivity index (χ2v) is 7.06. The minimum absolute atomic E-state index is 0.153. The Balaban J connectivity index is 1.55. The highest BCUT2D eigenvalue weighted by Crippen LogP contribution is 2.48. The molecule has 142 valence electrons. The third-order valence-corrected chi connectivity index (χ3v) is 5.09. The Bertz CT molecular complexity index is 933. The second kappa shape index (κ2) is 7.72. The van der Waals surface area contributed by atoms with Crippen LogP contribution < -0.4 is 10.2 Å². The van der Waals surface area contributed by atoms with Crippen molar-refractivity contribution in [2.45, 2.75) is 25.9 Å². The predicted molar refractivity (Wildman–Crippen MR) is 106 cm³/mol. The standard InChI is InChI=1S/C23H22N2O3/c26-21(24-16-20-12-7-15-28-20)23(13-14-23)22(27)25(19-10-5-2-6-11-19)17-18-8-3-1-4-9-18/h1-12,15H,13-14,16-17H2,(H,24,26). The summed E-state index contributed by atoms with van der Waals surface area (Å²) >= 11 is 0. The first-order valence-electron chi connectivity index (χ1n) is 9.41. The highest BCUT2D eigenvalue weighted by atomic mass is 16.3. The molecule has 0 atom stereocenters. The Morgan fingerprint density at radius 1 is 0.929 bits per heavy atom. The molecule has 5 heteroatoms. The Labute approximate surface area is 164 Å². The highest BCUT2D eigenvalue weighted by molar-refractivity contribution is 6.14. The zero-order valence-corrected chi connectivity index (χ0v) is 15.5. The first-order valence-corrected chi connectivity index (χ1v) is 9.41. The van der Waals surface area contributed by atoms with Crippen LogP contribution in [0.3, 0.4) is 0 Å². The molecule has 1 aromatic heterocycles. The fraction of sp³-hybridized carbons (Fsp3) is 0.217. The lowest BCUT2D eigenvalue weighted by atomic mass is 10.0. The fourth-order valence-corrected chi connectivity index (χ4v) is 3.33. The van der Waals surface area contributed by atoms with Crippen molar-refractivity contribution in [3.63, 3.8) is 0 Å². The van der Waals surface area contributed by atoms with E-state index in [-0.39, 0.29) is 18.4 Å². The Morgan fingerprint density at radius 3 is 2.21 bits per heavy atom. The second-order valence-electron chi connectivity index (χ2n) is 7.06. The predicted octanol–water partition coefficient (Wildman–Crippen LogP) is 3.91. The smallest absolute Gasteiger partial charge is 0.242 e. The molecule has 2 amide bonds. The van der Waals surface area contributed by atoms with Gasteiger partial charge < -0.3 is 14.6 Å². The number of hydrogen-bond acceptors (Lipinski definition) is 3. The van der Waals surface area contributed by atoms with Crippen LogP contribution in [0.4, 0.5) is 5.69 Å². The first kappa shape index (κ1) is 18.0. The van der Waals surface area contributed by atoms with E-state index >= 15 is 0 Å². The van der Waals surface area contributed by atoms with Crippen LogP contribution in [-0.2, 0) is 22.7 Å². The number of para-hydroxylation sites is 1. The largest absolute Gasteiger partial charge is 0.467 e. The lowest BCUT2D eigenvalue weighted by Gasteiger charge is -2.27. The van der Waals surface area contributed by atoms with E-state index in [0.717, 1.165) is 11.3 Å². The van der Waals surface area contributed by atoms with Crippen LogP contribution in [0.2, 0.25) is 0 Å². The van der Waals surface area contributed by atoms with Crippen LogP contribution in [0.5, 0.6) is 0 Å². The summed E-state index contributed by atoms with van der Waals surface area (Å²) in [7, 11) is 0. The number of anilines is 1. The number of hydrogen-bond donors (Lipinski definition) is 1. The molecule has 0 radical (unpaired) electrons. The number of nitrogens with one attached hydrogen (secondary N) is 1. The van der Waals surface area contributed by atoms with E-state index in [2.05, 4.69) is 5.32 Å². The first-order chi connectivity index (χ1) is 13.7. The maximum atomic E-state index is 13.5. The summed E-state index contributed by atoms with van der Waals surface area (Å²) in [4.78, 5) is 28.0. The minimum Gasteiger partial charge on any atom is -0.467 e. The van der Waals surface area contributed by atoms with Crippen molar-refractivity contribution in [2.75, 3.05) is 4.90 Å². The summed E-state index contributed by atoms with van der Waals surface area (Å²) in [6.07, 6.45) is 2.69. The molecule has 0 bridgehead atoms. The van der Waals surface area contributed by atoms with E-state index in [4.69, 9.17) is 4.42 Å². The molecule has 1 N–H and O–H groups in total. The Hall–Kier alpha value is -3.34. The molecule has 4 rings (SSSR count). The van der Waals surface area contributed by atoms with Crippen molar-refractivity contribution in [3.05, 3.63) is 90.4 Å². The van der Waals surface area contributed by atoms with Gasteiger partial charge in [-0.05, 0) is 42.7 Å². The average molecular weight is 374 g/mol. The number of carbonyl (C=O) groups excluding carboxylic acids is 2. The van der Waals surface area contributed by atoms with Crippen molar-refractivity contribution in [3.8, 4) is 0 Å². The Morgan fingerprint density at radius 2 is 1.61 bits per heavy atom. The van der Waals surface area contributed by atoms with E-state index in [0.29, 0.717) is 25.1 Å². The van der Waals surface area contributed by atoms with E-state index in [1.165, 1.54) is 0 Å². The molecule has 0 unspecified atom stereocenters. The van der Waals surface area contributed by atoms with Crippen LogP contribution in [0, 0.1) is 5.41 Å². The zero-order chi connectivity index (χ0) is 19.4. The summed E-state index contributed by atoms with van der Waals surface area (Å²) in [5.41, 5.74) is 0.824. The average Bonchev–Trinajstić information content (AvgIpc) is 3.40. The van der Waals surface area contributed by atoms with Crippen LogP contribution in [0.25, 0.3) is 0 Å². The molecular weight excluding hydrogens is 352 g/mol. The number of carbonyl (C=O) groups is 2. The molecule has 28 heavy (non-hydrogen) atoms. The number of benzene rings is 2. The number of nitrogens with zero attached hydrogens (tertiary/aromatic N) is 1. The van der Waals surface area contributed by atoms with Crippen molar-refractivity contribution < 1.29 is 14.0 Å². The van der Waals surface area contributed by atoms with Crippen LogP contribution in [0.1, 0.15) is 24.2 Å². The molecule has 0 aliphatic heterocycles. The summed E-state index contributed by atoms with van der Waals surface area (Å²) < 4.78 is 5.26. The summed E-state index contributed by atoms with van der Waals surface area (Å²) in [5.74, 6) is 0.281. The molecule has 5 nitrogen and oxygen atoms in total. The number of amides is 2. The Kier molecular flexibility index (Phi) is 4.98. The van der Waals surface area contributed by atoms with Crippen molar-refractivity contribution >= 4 is 17.5 Å². The van der Waals surface area contributed by atoms with Gasteiger partial charge in [0.05, 0.1) is 19.4 Å². The topological polar surface area (TPSA) is 62.6 Å². The quantitative estimate of drug-likeness (QED) is 0.638. The third kappa shape index (κ3) is 3.69. The van der Waals surface area contributed by atoms with E-state index in [1.54, 1.807) is 23.3 Å². The molecule has 1 aliphatic rings.